The highest BCUT2D eigenvalue weighted by Gasteiger charge is 2.22. The molecule has 0 spiro atoms. The van der Waals surface area contributed by atoms with Crippen molar-refractivity contribution in [3.8, 4) is 6.19 Å². The summed E-state index contributed by atoms with van der Waals surface area (Å²) in [6, 6.07) is 18.5. The van der Waals surface area contributed by atoms with Crippen molar-refractivity contribution in [1.82, 2.24) is 5.32 Å². The molecule has 3 aromatic carbocycles. The molecule has 0 radical (unpaired) electrons. The molecule has 0 unspecified atom stereocenters. The summed E-state index contributed by atoms with van der Waals surface area (Å²) in [5.74, 6) is -1.75. The number of hydrogen-bond donors (Lipinski definition) is 2. The molecule has 2 N–H and O–H groups in total. The first kappa shape index (κ1) is 22.9. The first-order chi connectivity index (χ1) is 16.6. The lowest BCUT2D eigenvalue weighted by molar-refractivity contribution is 0.0987. The number of nitrogens with zero attached hydrogens (tertiary/aromatic N) is 3. The number of carbonyl (C=O) groups is 1. The van der Waals surface area contributed by atoms with Gasteiger partial charge in [-0.15, -0.1) is 0 Å². The van der Waals surface area contributed by atoms with Crippen LogP contribution < -0.4 is 15.5 Å². The second kappa shape index (κ2) is 10.6. The molecule has 6 nitrogen and oxygen atoms in total. The molecule has 4 rings (SSSR count). The van der Waals surface area contributed by atoms with Crippen LogP contribution in [0, 0.1) is 23.1 Å². The Kier molecular flexibility index (Phi) is 7.13. The SMILES string of the molecule is N#CNC(=NCc1ccc(C(=O)N2CCCCc3ccccc32)cc1)Nc1c(F)cccc1F. The summed E-state index contributed by atoms with van der Waals surface area (Å²) < 4.78 is 27.8. The highest BCUT2D eigenvalue weighted by atomic mass is 19.1. The van der Waals surface area contributed by atoms with Gasteiger partial charge in [0.25, 0.3) is 5.91 Å². The van der Waals surface area contributed by atoms with Crippen molar-refractivity contribution in [3.63, 3.8) is 0 Å². The molecule has 1 aliphatic heterocycles. The summed E-state index contributed by atoms with van der Waals surface area (Å²) in [5.41, 5.74) is 3.06. The summed E-state index contributed by atoms with van der Waals surface area (Å²) in [6.07, 6.45) is 4.64. The fourth-order valence-corrected chi connectivity index (χ4v) is 3.88. The lowest BCUT2D eigenvalue weighted by Gasteiger charge is -2.23. The van der Waals surface area contributed by atoms with Crippen LogP contribution in [0.1, 0.15) is 34.3 Å². The Labute approximate surface area is 196 Å². The van der Waals surface area contributed by atoms with E-state index < -0.39 is 17.3 Å². The lowest BCUT2D eigenvalue weighted by atomic mass is 10.1. The largest absolute Gasteiger partial charge is 0.321 e. The Morgan fingerprint density at radius 2 is 1.74 bits per heavy atom. The fourth-order valence-electron chi connectivity index (χ4n) is 3.88. The minimum Gasteiger partial charge on any atom is -0.321 e. The van der Waals surface area contributed by atoms with Crippen LogP contribution in [0.4, 0.5) is 20.2 Å². The number of nitrogens with one attached hydrogen (secondary N) is 2. The van der Waals surface area contributed by atoms with E-state index in [0.717, 1.165) is 42.6 Å². The number of halogens is 2. The van der Waals surface area contributed by atoms with Crippen LogP contribution in [-0.4, -0.2) is 18.4 Å². The van der Waals surface area contributed by atoms with E-state index in [0.29, 0.717) is 12.1 Å². The third-order valence-electron chi connectivity index (χ3n) is 5.61. The van der Waals surface area contributed by atoms with Crippen LogP contribution in [0.15, 0.2) is 71.7 Å². The molecule has 172 valence electrons. The van der Waals surface area contributed by atoms with Crippen molar-refractivity contribution < 1.29 is 13.6 Å². The van der Waals surface area contributed by atoms with Gasteiger partial charge in [-0.2, -0.15) is 5.26 Å². The third-order valence-corrected chi connectivity index (χ3v) is 5.61. The maximum absolute atomic E-state index is 13.9. The average molecular weight is 460 g/mol. The molecule has 0 fully saturated rings. The Bertz CT molecular complexity index is 1230. The number of amides is 1. The number of anilines is 2. The predicted octanol–water partition coefficient (Wildman–Crippen LogP) is 4.99. The number of nitriles is 1. The van der Waals surface area contributed by atoms with Crippen LogP contribution in [0.25, 0.3) is 0 Å². The number of hydrogen-bond acceptors (Lipinski definition) is 3. The molecule has 1 aliphatic rings. The van der Waals surface area contributed by atoms with E-state index >= 15 is 0 Å². The van der Waals surface area contributed by atoms with Crippen molar-refractivity contribution in [1.29, 1.82) is 5.26 Å². The normalized spacial score (nSPS) is 13.4. The fraction of sp³-hybridized carbons (Fsp3) is 0.192. The molecule has 3 aromatic rings. The molecule has 0 aliphatic carbocycles. The summed E-state index contributed by atoms with van der Waals surface area (Å²) in [4.78, 5) is 19.3. The molecule has 0 aromatic heterocycles. The highest BCUT2D eigenvalue weighted by molar-refractivity contribution is 6.06. The number of fused-ring (bicyclic) bond motifs is 1. The minimum absolute atomic E-state index is 0.0621. The van der Waals surface area contributed by atoms with Gasteiger partial charge >= 0.3 is 0 Å². The molecule has 1 amide bonds. The van der Waals surface area contributed by atoms with E-state index in [9.17, 15) is 13.6 Å². The van der Waals surface area contributed by atoms with Gasteiger partial charge in [0, 0.05) is 17.8 Å². The number of aliphatic imine (C=N–C) groups is 1. The third kappa shape index (κ3) is 5.21. The first-order valence-electron chi connectivity index (χ1n) is 11.0. The quantitative estimate of drug-likeness (QED) is 0.249. The summed E-state index contributed by atoms with van der Waals surface area (Å²) in [5, 5.41) is 13.7. The standard InChI is InChI=1S/C26H23F2N5O/c27-21-8-5-9-22(28)24(21)32-26(31-17-29)30-16-18-11-13-20(14-12-18)25(34)33-15-4-3-7-19-6-1-2-10-23(19)33/h1-2,5-6,8-14H,3-4,7,15-16H2,(H2,30,31,32). The topological polar surface area (TPSA) is 80.5 Å². The van der Waals surface area contributed by atoms with Gasteiger partial charge in [0.1, 0.15) is 17.3 Å². The average Bonchev–Trinajstić information content (AvgIpc) is 3.07. The summed E-state index contributed by atoms with van der Waals surface area (Å²) >= 11 is 0. The van der Waals surface area contributed by atoms with E-state index in [-0.39, 0.29) is 18.4 Å². The van der Waals surface area contributed by atoms with Gasteiger partial charge in [0.15, 0.2) is 6.19 Å². The number of carbonyl (C=O) groups excluding carboxylic acids is 1. The van der Waals surface area contributed by atoms with Crippen LogP contribution >= 0.6 is 0 Å². The van der Waals surface area contributed by atoms with E-state index in [1.165, 1.54) is 11.6 Å². The molecular weight excluding hydrogens is 436 g/mol. The number of guanidine groups is 1. The van der Waals surface area contributed by atoms with Gasteiger partial charge in [-0.1, -0.05) is 36.4 Å². The zero-order valence-electron chi connectivity index (χ0n) is 18.4. The van der Waals surface area contributed by atoms with Crippen LogP contribution in [-0.2, 0) is 13.0 Å². The van der Waals surface area contributed by atoms with Crippen molar-refractivity contribution in [2.24, 2.45) is 4.99 Å². The smallest absolute Gasteiger partial charge is 0.258 e. The molecule has 1 heterocycles. The number of aryl methyl sites for hydroxylation is 1. The summed E-state index contributed by atoms with van der Waals surface area (Å²) in [7, 11) is 0. The van der Waals surface area contributed by atoms with Gasteiger partial charge in [0.05, 0.1) is 6.54 Å². The van der Waals surface area contributed by atoms with Crippen molar-refractivity contribution >= 4 is 23.2 Å². The maximum atomic E-state index is 13.9. The van der Waals surface area contributed by atoms with E-state index in [1.807, 2.05) is 23.1 Å². The van der Waals surface area contributed by atoms with Crippen molar-refractivity contribution in [2.75, 3.05) is 16.8 Å². The minimum atomic E-state index is -0.801. The Morgan fingerprint density at radius 3 is 2.47 bits per heavy atom. The zero-order valence-corrected chi connectivity index (χ0v) is 18.4. The highest BCUT2D eigenvalue weighted by Crippen LogP contribution is 2.27. The van der Waals surface area contributed by atoms with Gasteiger partial charge < -0.3 is 10.2 Å². The number of para-hydroxylation sites is 2. The van der Waals surface area contributed by atoms with Crippen LogP contribution in [0.3, 0.4) is 0 Å². The van der Waals surface area contributed by atoms with Crippen LogP contribution in [0.5, 0.6) is 0 Å². The molecule has 0 atom stereocenters. The number of rotatable bonds is 4. The zero-order chi connectivity index (χ0) is 23.9. The van der Waals surface area contributed by atoms with Gasteiger partial charge in [-0.3, -0.25) is 10.1 Å². The Hall–Kier alpha value is -4.25. The van der Waals surface area contributed by atoms with Gasteiger partial charge in [-0.05, 0) is 60.7 Å². The molecule has 8 heteroatoms. The molecule has 0 saturated carbocycles. The van der Waals surface area contributed by atoms with Gasteiger partial charge in [-0.25, -0.2) is 13.8 Å². The molecule has 0 saturated heterocycles. The predicted molar refractivity (Wildman–Crippen MR) is 127 cm³/mol. The van der Waals surface area contributed by atoms with E-state index in [1.54, 1.807) is 30.5 Å². The van der Waals surface area contributed by atoms with Crippen molar-refractivity contribution in [3.05, 3.63) is 95.1 Å². The number of benzene rings is 3. The Morgan fingerprint density at radius 1 is 1.00 bits per heavy atom. The van der Waals surface area contributed by atoms with Gasteiger partial charge in [0.2, 0.25) is 5.96 Å². The molecule has 34 heavy (non-hydrogen) atoms. The summed E-state index contributed by atoms with van der Waals surface area (Å²) in [6.45, 7) is 0.803. The van der Waals surface area contributed by atoms with Crippen molar-refractivity contribution in [2.45, 2.75) is 25.8 Å². The Balaban J connectivity index is 1.48. The maximum Gasteiger partial charge on any atom is 0.258 e. The molecular formula is C26H23F2N5O. The lowest BCUT2D eigenvalue weighted by Crippen LogP contribution is -2.31. The van der Waals surface area contributed by atoms with E-state index in [2.05, 4.69) is 21.7 Å². The van der Waals surface area contributed by atoms with Crippen LogP contribution in [0.2, 0.25) is 0 Å². The second-order valence-corrected chi connectivity index (χ2v) is 7.86. The monoisotopic (exact) mass is 459 g/mol. The second-order valence-electron chi connectivity index (χ2n) is 7.86. The first-order valence-corrected chi connectivity index (χ1v) is 11.0. The van der Waals surface area contributed by atoms with E-state index in [4.69, 9.17) is 5.26 Å². The molecule has 0 bridgehead atoms.